The summed E-state index contributed by atoms with van der Waals surface area (Å²) in [5.41, 5.74) is 1.24. The van der Waals surface area contributed by atoms with Crippen LogP contribution in [0.5, 0.6) is 0 Å². The normalized spacial score (nSPS) is 10.3. The number of carbonyl (C=O) groups is 1. The van der Waals surface area contributed by atoms with E-state index in [9.17, 15) is 4.79 Å². The number of benzene rings is 1. The van der Waals surface area contributed by atoms with Gasteiger partial charge in [0.15, 0.2) is 0 Å². The summed E-state index contributed by atoms with van der Waals surface area (Å²) in [7, 11) is 3.76. The fourth-order valence-electron chi connectivity index (χ4n) is 1.38. The van der Waals surface area contributed by atoms with Gasteiger partial charge in [0.1, 0.15) is 0 Å². The SMILES string of the molecule is CCN(C)C(=O)CSc1cccc(CNC)c1. The van der Waals surface area contributed by atoms with Gasteiger partial charge in [-0.3, -0.25) is 4.79 Å². The molecule has 0 spiro atoms. The Bertz CT molecular complexity index is 368. The molecule has 0 fully saturated rings. The van der Waals surface area contributed by atoms with Gasteiger partial charge in [0, 0.05) is 25.0 Å². The summed E-state index contributed by atoms with van der Waals surface area (Å²) in [6.45, 7) is 3.60. The van der Waals surface area contributed by atoms with Crippen LogP contribution in [0.15, 0.2) is 29.2 Å². The number of thioether (sulfide) groups is 1. The van der Waals surface area contributed by atoms with E-state index >= 15 is 0 Å². The van der Waals surface area contributed by atoms with E-state index in [1.54, 1.807) is 16.7 Å². The van der Waals surface area contributed by atoms with Gasteiger partial charge in [0.25, 0.3) is 0 Å². The molecule has 1 N–H and O–H groups in total. The number of nitrogens with zero attached hydrogens (tertiary/aromatic N) is 1. The van der Waals surface area contributed by atoms with Crippen LogP contribution < -0.4 is 5.32 Å². The zero-order chi connectivity index (χ0) is 12.7. The van der Waals surface area contributed by atoms with Gasteiger partial charge in [0.2, 0.25) is 5.91 Å². The molecule has 0 aliphatic heterocycles. The number of hydrogen-bond donors (Lipinski definition) is 1. The highest BCUT2D eigenvalue weighted by atomic mass is 32.2. The number of hydrogen-bond acceptors (Lipinski definition) is 3. The second-order valence-electron chi connectivity index (χ2n) is 3.87. The third-order valence-electron chi connectivity index (χ3n) is 2.54. The first kappa shape index (κ1) is 14.1. The monoisotopic (exact) mass is 252 g/mol. The van der Waals surface area contributed by atoms with Crippen molar-refractivity contribution in [2.75, 3.05) is 26.4 Å². The van der Waals surface area contributed by atoms with Gasteiger partial charge in [-0.05, 0) is 31.7 Å². The third-order valence-corrected chi connectivity index (χ3v) is 3.52. The molecule has 0 saturated heterocycles. The zero-order valence-corrected chi connectivity index (χ0v) is 11.5. The molecule has 94 valence electrons. The van der Waals surface area contributed by atoms with Crippen LogP contribution in [0.2, 0.25) is 0 Å². The van der Waals surface area contributed by atoms with Crippen molar-refractivity contribution in [1.29, 1.82) is 0 Å². The average Bonchev–Trinajstić information content (AvgIpc) is 2.36. The average molecular weight is 252 g/mol. The Morgan fingerprint density at radius 3 is 2.88 bits per heavy atom. The van der Waals surface area contributed by atoms with Crippen LogP contribution in [0, 0.1) is 0 Å². The van der Waals surface area contributed by atoms with Gasteiger partial charge in [-0.25, -0.2) is 0 Å². The second-order valence-corrected chi connectivity index (χ2v) is 4.92. The van der Waals surface area contributed by atoms with Crippen molar-refractivity contribution >= 4 is 17.7 Å². The molecule has 4 heteroatoms. The summed E-state index contributed by atoms with van der Waals surface area (Å²) < 4.78 is 0. The van der Waals surface area contributed by atoms with E-state index in [1.807, 2.05) is 33.2 Å². The van der Waals surface area contributed by atoms with E-state index in [4.69, 9.17) is 0 Å². The summed E-state index contributed by atoms with van der Waals surface area (Å²) in [5, 5.41) is 3.12. The van der Waals surface area contributed by atoms with E-state index in [1.165, 1.54) is 5.56 Å². The molecule has 3 nitrogen and oxygen atoms in total. The maximum absolute atomic E-state index is 11.7. The Morgan fingerprint density at radius 2 is 2.24 bits per heavy atom. The summed E-state index contributed by atoms with van der Waals surface area (Å²) in [5.74, 6) is 0.685. The van der Waals surface area contributed by atoms with E-state index in [0.29, 0.717) is 5.75 Å². The Kier molecular flexibility index (Phi) is 6.08. The fraction of sp³-hybridized carbons (Fsp3) is 0.462. The predicted molar refractivity (Wildman–Crippen MR) is 73.2 cm³/mol. The van der Waals surface area contributed by atoms with Crippen LogP contribution in [-0.4, -0.2) is 37.2 Å². The highest BCUT2D eigenvalue weighted by Gasteiger charge is 2.07. The number of amides is 1. The van der Waals surface area contributed by atoms with Gasteiger partial charge >= 0.3 is 0 Å². The maximum Gasteiger partial charge on any atom is 0.232 e. The first-order valence-electron chi connectivity index (χ1n) is 5.77. The molecule has 0 aliphatic rings. The van der Waals surface area contributed by atoms with Crippen LogP contribution >= 0.6 is 11.8 Å². The molecule has 1 aromatic rings. The smallest absolute Gasteiger partial charge is 0.232 e. The molecule has 0 aromatic heterocycles. The minimum absolute atomic E-state index is 0.177. The van der Waals surface area contributed by atoms with Crippen LogP contribution in [-0.2, 0) is 11.3 Å². The highest BCUT2D eigenvalue weighted by Crippen LogP contribution is 2.19. The number of nitrogens with one attached hydrogen (secondary N) is 1. The molecule has 17 heavy (non-hydrogen) atoms. The van der Waals surface area contributed by atoms with E-state index in [2.05, 4.69) is 17.4 Å². The van der Waals surface area contributed by atoms with E-state index in [-0.39, 0.29) is 5.91 Å². The second kappa shape index (κ2) is 7.35. The standard InChI is InChI=1S/C13H20N2OS/c1-4-15(3)13(16)10-17-12-7-5-6-11(8-12)9-14-2/h5-8,14H,4,9-10H2,1-3H3. The molecule has 0 bridgehead atoms. The van der Waals surface area contributed by atoms with Gasteiger partial charge < -0.3 is 10.2 Å². The molecular formula is C13H20N2OS. The molecular weight excluding hydrogens is 232 g/mol. The minimum Gasteiger partial charge on any atom is -0.345 e. The van der Waals surface area contributed by atoms with Crippen molar-refractivity contribution in [3.05, 3.63) is 29.8 Å². The quantitative estimate of drug-likeness (QED) is 0.786. The maximum atomic E-state index is 11.7. The lowest BCUT2D eigenvalue weighted by atomic mass is 10.2. The van der Waals surface area contributed by atoms with Crippen LogP contribution in [0.4, 0.5) is 0 Å². The van der Waals surface area contributed by atoms with Crippen molar-refractivity contribution in [2.45, 2.75) is 18.4 Å². The van der Waals surface area contributed by atoms with Gasteiger partial charge in [-0.15, -0.1) is 11.8 Å². The Morgan fingerprint density at radius 1 is 1.47 bits per heavy atom. The molecule has 0 aliphatic carbocycles. The lowest BCUT2D eigenvalue weighted by Crippen LogP contribution is -2.27. The van der Waals surface area contributed by atoms with E-state index in [0.717, 1.165) is 18.0 Å². The molecule has 1 rings (SSSR count). The largest absolute Gasteiger partial charge is 0.345 e. The summed E-state index contributed by atoms with van der Waals surface area (Å²) in [6, 6.07) is 8.28. The zero-order valence-electron chi connectivity index (χ0n) is 10.7. The molecule has 1 aromatic carbocycles. The first-order chi connectivity index (χ1) is 8.17. The number of carbonyl (C=O) groups excluding carboxylic acids is 1. The molecule has 0 radical (unpaired) electrons. The Balaban J connectivity index is 2.51. The third kappa shape index (κ3) is 4.79. The van der Waals surface area contributed by atoms with Crippen molar-refractivity contribution in [3.8, 4) is 0 Å². The summed E-state index contributed by atoms with van der Waals surface area (Å²) >= 11 is 1.59. The van der Waals surface area contributed by atoms with E-state index < -0.39 is 0 Å². The summed E-state index contributed by atoms with van der Waals surface area (Å²) in [4.78, 5) is 14.5. The number of rotatable bonds is 6. The molecule has 0 saturated carbocycles. The van der Waals surface area contributed by atoms with Crippen molar-refractivity contribution in [3.63, 3.8) is 0 Å². The predicted octanol–water partition coefficient (Wildman–Crippen LogP) is 1.98. The van der Waals surface area contributed by atoms with Crippen LogP contribution in [0.1, 0.15) is 12.5 Å². The lowest BCUT2D eigenvalue weighted by molar-refractivity contribution is -0.126. The topological polar surface area (TPSA) is 32.3 Å². The van der Waals surface area contributed by atoms with Crippen molar-refractivity contribution in [1.82, 2.24) is 10.2 Å². The minimum atomic E-state index is 0.177. The fourth-order valence-corrected chi connectivity index (χ4v) is 2.30. The molecule has 1 amide bonds. The van der Waals surface area contributed by atoms with Crippen molar-refractivity contribution in [2.24, 2.45) is 0 Å². The van der Waals surface area contributed by atoms with Crippen LogP contribution in [0.3, 0.4) is 0 Å². The van der Waals surface area contributed by atoms with Gasteiger partial charge in [0.05, 0.1) is 5.75 Å². The van der Waals surface area contributed by atoms with Crippen LogP contribution in [0.25, 0.3) is 0 Å². The Labute approximate surface area is 108 Å². The first-order valence-corrected chi connectivity index (χ1v) is 6.76. The molecule has 0 heterocycles. The molecule has 0 atom stereocenters. The summed E-state index contributed by atoms with van der Waals surface area (Å²) in [6.07, 6.45) is 0. The van der Waals surface area contributed by atoms with Gasteiger partial charge in [-0.2, -0.15) is 0 Å². The van der Waals surface area contributed by atoms with Gasteiger partial charge in [-0.1, -0.05) is 12.1 Å². The Hall–Kier alpha value is -1.00. The van der Waals surface area contributed by atoms with Crippen molar-refractivity contribution < 1.29 is 4.79 Å². The molecule has 0 unspecified atom stereocenters. The highest BCUT2D eigenvalue weighted by molar-refractivity contribution is 8.00. The lowest BCUT2D eigenvalue weighted by Gasteiger charge is -2.14.